The maximum atomic E-state index is 13.3. The fourth-order valence-corrected chi connectivity index (χ4v) is 2.55. The van der Waals surface area contributed by atoms with Gasteiger partial charge in [0.25, 0.3) is 0 Å². The molecule has 0 saturated heterocycles. The molecule has 0 amide bonds. The van der Waals surface area contributed by atoms with Crippen molar-refractivity contribution in [1.29, 1.82) is 0 Å². The Kier molecular flexibility index (Phi) is 5.25. The van der Waals surface area contributed by atoms with Gasteiger partial charge in [0.15, 0.2) is 5.82 Å². The second-order valence-electron chi connectivity index (χ2n) is 5.38. The Bertz CT molecular complexity index is 869. The zero-order valence-electron chi connectivity index (χ0n) is 13.4. The Morgan fingerprint density at radius 2 is 2.16 bits per heavy atom. The van der Waals surface area contributed by atoms with Crippen LogP contribution in [0.25, 0.3) is 11.1 Å². The Morgan fingerprint density at radius 1 is 1.32 bits per heavy atom. The lowest BCUT2D eigenvalue weighted by Crippen LogP contribution is -2.08. The van der Waals surface area contributed by atoms with Crippen molar-refractivity contribution in [2.24, 2.45) is 0 Å². The molecule has 0 saturated carbocycles. The minimum atomic E-state index is -1.49. The van der Waals surface area contributed by atoms with E-state index in [1.165, 1.54) is 13.3 Å². The second-order valence-corrected chi connectivity index (χ2v) is 5.82. The average Bonchev–Trinajstić information content (AvgIpc) is 3.03. The molecule has 0 aliphatic carbocycles. The third-order valence-corrected chi connectivity index (χ3v) is 3.62. The van der Waals surface area contributed by atoms with Gasteiger partial charge in [-0.25, -0.2) is 19.0 Å². The molecule has 2 aromatic heterocycles. The Labute approximate surface area is 148 Å². The molecule has 1 atom stereocenters. The van der Waals surface area contributed by atoms with Crippen LogP contribution in [0, 0.1) is 0 Å². The molecule has 1 unspecified atom stereocenters. The maximum absolute atomic E-state index is 13.3. The van der Waals surface area contributed by atoms with Crippen molar-refractivity contribution in [2.75, 3.05) is 0 Å². The summed E-state index contributed by atoms with van der Waals surface area (Å²) in [6, 6.07) is 9.01. The number of halogens is 2. The van der Waals surface area contributed by atoms with Crippen molar-refractivity contribution >= 4 is 11.6 Å². The minimum Gasteiger partial charge on any atom is -0.443 e. The first-order valence-corrected chi connectivity index (χ1v) is 7.97. The van der Waals surface area contributed by atoms with Crippen LogP contribution in [0.3, 0.4) is 0 Å². The highest BCUT2D eigenvalue weighted by atomic mass is 35.5. The van der Waals surface area contributed by atoms with Gasteiger partial charge < -0.3 is 9.84 Å². The van der Waals surface area contributed by atoms with Crippen molar-refractivity contribution in [1.82, 2.24) is 19.7 Å². The van der Waals surface area contributed by atoms with Crippen LogP contribution >= 0.6 is 11.6 Å². The molecule has 130 valence electrons. The van der Waals surface area contributed by atoms with E-state index in [1.807, 2.05) is 12.1 Å². The summed E-state index contributed by atoms with van der Waals surface area (Å²) in [6.07, 6.45) is 1.63. The summed E-state index contributed by atoms with van der Waals surface area (Å²) in [5, 5.41) is 13.7. The van der Waals surface area contributed by atoms with Gasteiger partial charge in [-0.3, -0.25) is 0 Å². The first-order chi connectivity index (χ1) is 12.0. The first-order valence-electron chi connectivity index (χ1n) is 7.60. The first kappa shape index (κ1) is 17.3. The van der Waals surface area contributed by atoms with Gasteiger partial charge in [-0.15, -0.1) is 0 Å². The zero-order chi connectivity index (χ0) is 17.8. The molecule has 0 aliphatic heterocycles. The van der Waals surface area contributed by atoms with Crippen molar-refractivity contribution < 1.29 is 14.2 Å². The van der Waals surface area contributed by atoms with Crippen LogP contribution in [0.2, 0.25) is 5.02 Å². The van der Waals surface area contributed by atoms with Crippen molar-refractivity contribution in [2.45, 2.75) is 26.4 Å². The summed E-state index contributed by atoms with van der Waals surface area (Å²) in [5.41, 5.74) is 2.22. The molecule has 0 fully saturated rings. The zero-order valence-corrected chi connectivity index (χ0v) is 14.2. The van der Waals surface area contributed by atoms with Gasteiger partial charge in [0.2, 0.25) is 12.2 Å². The lowest BCUT2D eigenvalue weighted by molar-refractivity contribution is 0.0816. The monoisotopic (exact) mass is 362 g/mol. The number of aliphatic hydroxyl groups is 1. The minimum absolute atomic E-state index is 0.190. The summed E-state index contributed by atoms with van der Waals surface area (Å²) >= 11 is 6.06. The van der Waals surface area contributed by atoms with Crippen LogP contribution in [-0.4, -0.2) is 31.2 Å². The van der Waals surface area contributed by atoms with Crippen LogP contribution in [0.15, 0.2) is 42.9 Å². The molecule has 3 rings (SSSR count). The van der Waals surface area contributed by atoms with E-state index in [-0.39, 0.29) is 12.5 Å². The summed E-state index contributed by atoms with van der Waals surface area (Å²) in [5.74, 6) is 0.532. The number of benzene rings is 1. The SMILES string of the molecule is CC(F)Oc1ncc(Cn2cnc(CO)n2)cc1-c1cccc(Cl)c1. The molecular formula is C17H16ClFN4O2. The number of rotatable bonds is 6. The molecule has 25 heavy (non-hydrogen) atoms. The summed E-state index contributed by atoms with van der Waals surface area (Å²) < 4.78 is 20.1. The van der Waals surface area contributed by atoms with Crippen LogP contribution in [0.5, 0.6) is 5.88 Å². The highest BCUT2D eigenvalue weighted by Gasteiger charge is 2.13. The molecule has 0 aliphatic rings. The standard InChI is InChI=1S/C17H16ClFN4O2/c1-11(19)25-17-15(13-3-2-4-14(18)6-13)5-12(7-20-17)8-23-10-21-16(9-24)22-23/h2-7,10-11,24H,8-9H2,1H3. The van der Waals surface area contributed by atoms with Crippen LogP contribution in [-0.2, 0) is 13.2 Å². The number of hydrogen-bond acceptors (Lipinski definition) is 5. The average molecular weight is 363 g/mol. The normalized spacial score (nSPS) is 12.2. The quantitative estimate of drug-likeness (QED) is 0.728. The van der Waals surface area contributed by atoms with E-state index in [0.717, 1.165) is 11.1 Å². The van der Waals surface area contributed by atoms with Gasteiger partial charge in [0.05, 0.1) is 6.54 Å². The number of pyridine rings is 1. The molecule has 0 bridgehead atoms. The van der Waals surface area contributed by atoms with Crippen molar-refractivity contribution in [3.05, 3.63) is 59.3 Å². The number of alkyl halides is 1. The van der Waals surface area contributed by atoms with Gasteiger partial charge in [-0.1, -0.05) is 23.7 Å². The molecule has 0 spiro atoms. The summed E-state index contributed by atoms with van der Waals surface area (Å²) in [4.78, 5) is 8.20. The lowest BCUT2D eigenvalue weighted by atomic mass is 10.1. The molecule has 8 heteroatoms. The molecular weight excluding hydrogens is 347 g/mol. The number of aromatic nitrogens is 4. The molecule has 3 aromatic rings. The highest BCUT2D eigenvalue weighted by Crippen LogP contribution is 2.31. The summed E-state index contributed by atoms with van der Waals surface area (Å²) in [7, 11) is 0. The molecule has 1 aromatic carbocycles. The maximum Gasteiger partial charge on any atom is 0.237 e. The molecule has 0 radical (unpaired) electrons. The highest BCUT2D eigenvalue weighted by molar-refractivity contribution is 6.30. The fraction of sp³-hybridized carbons (Fsp3) is 0.235. The van der Waals surface area contributed by atoms with Crippen molar-refractivity contribution in [3.8, 4) is 17.0 Å². The van der Waals surface area contributed by atoms with Gasteiger partial charge in [0.1, 0.15) is 12.9 Å². The number of nitrogens with zero attached hydrogens (tertiary/aromatic N) is 4. The fourth-order valence-electron chi connectivity index (χ4n) is 2.36. The lowest BCUT2D eigenvalue weighted by Gasteiger charge is -2.13. The topological polar surface area (TPSA) is 73.1 Å². The smallest absolute Gasteiger partial charge is 0.237 e. The molecule has 6 nitrogen and oxygen atoms in total. The Balaban J connectivity index is 1.97. The summed E-state index contributed by atoms with van der Waals surface area (Å²) in [6.45, 7) is 1.47. The van der Waals surface area contributed by atoms with E-state index >= 15 is 0 Å². The Hall–Kier alpha value is -2.51. The largest absolute Gasteiger partial charge is 0.443 e. The van der Waals surface area contributed by atoms with E-state index in [0.29, 0.717) is 23.0 Å². The van der Waals surface area contributed by atoms with Gasteiger partial charge in [-0.05, 0) is 29.3 Å². The van der Waals surface area contributed by atoms with Crippen molar-refractivity contribution in [3.63, 3.8) is 0 Å². The van der Waals surface area contributed by atoms with E-state index in [1.54, 1.807) is 29.1 Å². The molecule has 1 N–H and O–H groups in total. The van der Waals surface area contributed by atoms with E-state index in [9.17, 15) is 4.39 Å². The van der Waals surface area contributed by atoms with Gasteiger partial charge in [-0.2, -0.15) is 5.10 Å². The predicted octanol–water partition coefficient (Wildman–Crippen LogP) is 3.23. The van der Waals surface area contributed by atoms with E-state index < -0.39 is 6.36 Å². The van der Waals surface area contributed by atoms with Crippen LogP contribution in [0.1, 0.15) is 18.3 Å². The predicted molar refractivity (Wildman–Crippen MR) is 90.9 cm³/mol. The second kappa shape index (κ2) is 7.58. The third-order valence-electron chi connectivity index (χ3n) is 3.39. The van der Waals surface area contributed by atoms with Gasteiger partial charge in [0, 0.05) is 23.7 Å². The van der Waals surface area contributed by atoms with Gasteiger partial charge >= 0.3 is 0 Å². The van der Waals surface area contributed by atoms with E-state index in [2.05, 4.69) is 15.1 Å². The number of hydrogen-bond donors (Lipinski definition) is 1. The van der Waals surface area contributed by atoms with Crippen LogP contribution < -0.4 is 4.74 Å². The molecule has 2 heterocycles. The number of aliphatic hydroxyl groups excluding tert-OH is 1. The van der Waals surface area contributed by atoms with E-state index in [4.69, 9.17) is 21.4 Å². The number of ether oxygens (including phenoxy) is 1. The van der Waals surface area contributed by atoms with Crippen LogP contribution in [0.4, 0.5) is 4.39 Å². The third kappa shape index (κ3) is 4.32. The Morgan fingerprint density at radius 3 is 2.84 bits per heavy atom.